The first-order chi connectivity index (χ1) is 7.80. The Hall–Kier alpha value is -1.55. The summed E-state index contributed by atoms with van der Waals surface area (Å²) in [6, 6.07) is 5.76. The highest BCUT2D eigenvalue weighted by molar-refractivity contribution is 5.68. The van der Waals surface area contributed by atoms with Crippen molar-refractivity contribution in [3.05, 3.63) is 29.3 Å². The van der Waals surface area contributed by atoms with E-state index in [-0.39, 0.29) is 13.0 Å². The zero-order valence-corrected chi connectivity index (χ0v) is 10.4. The van der Waals surface area contributed by atoms with Crippen molar-refractivity contribution in [2.45, 2.75) is 32.8 Å². The van der Waals surface area contributed by atoms with Gasteiger partial charge in [0.1, 0.15) is 18.0 Å². The van der Waals surface area contributed by atoms with E-state index >= 15 is 0 Å². The van der Waals surface area contributed by atoms with Crippen molar-refractivity contribution >= 4 is 5.97 Å². The van der Waals surface area contributed by atoms with Gasteiger partial charge in [-0.15, -0.1) is 0 Å². The van der Waals surface area contributed by atoms with Crippen LogP contribution in [0.3, 0.4) is 0 Å². The topological polar surface area (TPSA) is 66.8 Å². The predicted molar refractivity (Wildman–Crippen MR) is 64.3 cm³/mol. The lowest BCUT2D eigenvalue weighted by Gasteiger charge is -2.22. The normalized spacial score (nSPS) is 14.1. The van der Waals surface area contributed by atoms with E-state index in [4.69, 9.17) is 9.84 Å². The van der Waals surface area contributed by atoms with E-state index in [1.807, 2.05) is 32.0 Å². The van der Waals surface area contributed by atoms with Gasteiger partial charge in [0.15, 0.2) is 0 Å². The number of hydrogen-bond acceptors (Lipinski definition) is 3. The summed E-state index contributed by atoms with van der Waals surface area (Å²) in [5, 5.41) is 18.4. The molecule has 0 amide bonds. The second kappa shape index (κ2) is 5.19. The summed E-state index contributed by atoms with van der Waals surface area (Å²) >= 11 is 0. The van der Waals surface area contributed by atoms with Gasteiger partial charge in [-0.1, -0.05) is 12.1 Å². The lowest BCUT2D eigenvalue weighted by Crippen LogP contribution is -2.35. The summed E-state index contributed by atoms with van der Waals surface area (Å²) in [5.41, 5.74) is 0.660. The number of carboxylic acid groups (broad SMARTS) is 1. The van der Waals surface area contributed by atoms with Crippen LogP contribution in [0.2, 0.25) is 0 Å². The lowest BCUT2D eigenvalue weighted by molar-refractivity contribution is -0.143. The van der Waals surface area contributed by atoms with Crippen LogP contribution in [0.15, 0.2) is 18.2 Å². The van der Waals surface area contributed by atoms with Gasteiger partial charge in [0.05, 0.1) is 6.42 Å². The fourth-order valence-electron chi connectivity index (χ4n) is 1.47. The van der Waals surface area contributed by atoms with Gasteiger partial charge < -0.3 is 14.9 Å². The van der Waals surface area contributed by atoms with Gasteiger partial charge in [0, 0.05) is 0 Å². The van der Waals surface area contributed by atoms with E-state index in [9.17, 15) is 9.90 Å². The van der Waals surface area contributed by atoms with E-state index in [2.05, 4.69) is 0 Å². The number of hydrogen-bond donors (Lipinski definition) is 2. The van der Waals surface area contributed by atoms with Crippen molar-refractivity contribution in [2.24, 2.45) is 0 Å². The molecule has 0 aliphatic heterocycles. The van der Waals surface area contributed by atoms with Crippen LogP contribution in [0.4, 0.5) is 0 Å². The largest absolute Gasteiger partial charge is 0.490 e. The van der Waals surface area contributed by atoms with Gasteiger partial charge in [0.2, 0.25) is 0 Å². The van der Waals surface area contributed by atoms with Crippen molar-refractivity contribution in [1.29, 1.82) is 0 Å². The lowest BCUT2D eigenvalue weighted by atomic mass is 10.0. The van der Waals surface area contributed by atoms with Gasteiger partial charge in [0.25, 0.3) is 0 Å². The highest BCUT2D eigenvalue weighted by Crippen LogP contribution is 2.21. The standard InChI is InChI=1S/C13H18O4/c1-9-4-5-10(2)11(6-9)17-8-13(3,16)7-12(14)15/h4-6,16H,7-8H2,1-3H3,(H,14,15). The maximum absolute atomic E-state index is 10.5. The predicted octanol–water partition coefficient (Wildman–Crippen LogP) is 1.91. The number of ether oxygens (including phenoxy) is 1. The number of benzene rings is 1. The molecule has 1 rings (SSSR count). The Balaban J connectivity index is 2.66. The maximum atomic E-state index is 10.5. The van der Waals surface area contributed by atoms with Crippen molar-refractivity contribution in [2.75, 3.05) is 6.61 Å². The molecule has 2 N–H and O–H groups in total. The molecule has 0 fully saturated rings. The van der Waals surface area contributed by atoms with Crippen LogP contribution in [0.25, 0.3) is 0 Å². The molecule has 4 nitrogen and oxygen atoms in total. The van der Waals surface area contributed by atoms with Crippen LogP contribution in [0.1, 0.15) is 24.5 Å². The van der Waals surface area contributed by atoms with Gasteiger partial charge in [-0.25, -0.2) is 0 Å². The Kier molecular flexibility index (Phi) is 4.12. The summed E-state index contributed by atoms with van der Waals surface area (Å²) < 4.78 is 5.47. The Morgan fingerprint density at radius 1 is 1.41 bits per heavy atom. The van der Waals surface area contributed by atoms with Gasteiger partial charge in [-0.3, -0.25) is 4.79 Å². The fraction of sp³-hybridized carbons (Fsp3) is 0.462. The third-order valence-electron chi connectivity index (χ3n) is 2.41. The van der Waals surface area contributed by atoms with Gasteiger partial charge >= 0.3 is 5.97 Å². The Labute approximate surface area is 101 Å². The molecule has 0 spiro atoms. The van der Waals surface area contributed by atoms with Crippen LogP contribution in [0, 0.1) is 13.8 Å². The molecule has 0 aliphatic rings. The van der Waals surface area contributed by atoms with Crippen LogP contribution in [-0.4, -0.2) is 28.4 Å². The minimum atomic E-state index is -1.36. The van der Waals surface area contributed by atoms with Crippen LogP contribution in [0.5, 0.6) is 5.75 Å². The first-order valence-corrected chi connectivity index (χ1v) is 5.44. The molecule has 1 atom stereocenters. The quantitative estimate of drug-likeness (QED) is 0.822. The zero-order chi connectivity index (χ0) is 13.1. The molecule has 0 radical (unpaired) electrons. The Morgan fingerprint density at radius 2 is 2.06 bits per heavy atom. The number of carboxylic acids is 1. The zero-order valence-electron chi connectivity index (χ0n) is 10.4. The summed E-state index contributed by atoms with van der Waals surface area (Å²) in [5.74, 6) is -0.366. The number of aryl methyl sites for hydroxylation is 2. The molecule has 1 aromatic rings. The summed E-state index contributed by atoms with van der Waals surface area (Å²) in [6.07, 6.45) is -0.335. The third-order valence-corrected chi connectivity index (χ3v) is 2.41. The summed E-state index contributed by atoms with van der Waals surface area (Å²) in [6.45, 7) is 5.26. The van der Waals surface area contributed by atoms with E-state index in [0.29, 0.717) is 5.75 Å². The summed E-state index contributed by atoms with van der Waals surface area (Å²) in [4.78, 5) is 10.5. The third kappa shape index (κ3) is 4.44. The van der Waals surface area contributed by atoms with Crippen molar-refractivity contribution in [1.82, 2.24) is 0 Å². The Bertz CT molecular complexity index is 410. The van der Waals surface area contributed by atoms with Crippen molar-refractivity contribution < 1.29 is 19.7 Å². The van der Waals surface area contributed by atoms with Crippen molar-refractivity contribution in [3.8, 4) is 5.75 Å². The minimum Gasteiger partial charge on any atom is -0.490 e. The maximum Gasteiger partial charge on any atom is 0.306 e. The first-order valence-electron chi connectivity index (χ1n) is 5.44. The van der Waals surface area contributed by atoms with Crippen LogP contribution >= 0.6 is 0 Å². The molecule has 94 valence electrons. The molecule has 0 aliphatic carbocycles. The minimum absolute atomic E-state index is 0.0381. The molecular weight excluding hydrogens is 220 g/mol. The van der Waals surface area contributed by atoms with E-state index in [0.717, 1.165) is 11.1 Å². The van der Waals surface area contributed by atoms with Crippen LogP contribution in [-0.2, 0) is 4.79 Å². The SMILES string of the molecule is Cc1ccc(C)c(OCC(C)(O)CC(=O)O)c1. The molecule has 0 saturated heterocycles. The molecule has 17 heavy (non-hydrogen) atoms. The molecule has 0 bridgehead atoms. The average Bonchev–Trinajstić information content (AvgIpc) is 2.17. The Morgan fingerprint density at radius 3 is 2.65 bits per heavy atom. The van der Waals surface area contributed by atoms with Crippen molar-refractivity contribution in [3.63, 3.8) is 0 Å². The molecular formula is C13H18O4. The molecule has 0 saturated carbocycles. The molecule has 0 aromatic heterocycles. The monoisotopic (exact) mass is 238 g/mol. The van der Waals surface area contributed by atoms with Crippen LogP contribution < -0.4 is 4.74 Å². The van der Waals surface area contributed by atoms with Gasteiger partial charge in [-0.05, 0) is 38.0 Å². The highest BCUT2D eigenvalue weighted by atomic mass is 16.5. The second-order valence-electron chi connectivity index (χ2n) is 4.63. The number of carbonyl (C=O) groups is 1. The summed E-state index contributed by atoms with van der Waals surface area (Å²) in [7, 11) is 0. The van der Waals surface area contributed by atoms with E-state index in [1.165, 1.54) is 6.92 Å². The first kappa shape index (κ1) is 13.5. The fourth-order valence-corrected chi connectivity index (χ4v) is 1.47. The number of rotatable bonds is 5. The smallest absolute Gasteiger partial charge is 0.306 e. The van der Waals surface area contributed by atoms with Gasteiger partial charge in [-0.2, -0.15) is 0 Å². The number of aliphatic hydroxyl groups is 1. The highest BCUT2D eigenvalue weighted by Gasteiger charge is 2.25. The second-order valence-corrected chi connectivity index (χ2v) is 4.63. The molecule has 0 heterocycles. The number of aliphatic carboxylic acids is 1. The molecule has 1 aromatic carbocycles. The van der Waals surface area contributed by atoms with E-state index in [1.54, 1.807) is 0 Å². The van der Waals surface area contributed by atoms with E-state index < -0.39 is 11.6 Å². The molecule has 4 heteroatoms. The average molecular weight is 238 g/mol. The molecule has 1 unspecified atom stereocenters.